The highest BCUT2D eigenvalue weighted by molar-refractivity contribution is 7.46. The van der Waals surface area contributed by atoms with E-state index < -0.39 is 32.5 Å². The second kappa shape index (κ2) is 41.9. The molecule has 1 unspecified atom stereocenters. The Balaban J connectivity index is 3.99. The fraction of sp³-hybridized carbons (Fsp3) is 0.660. The average molecular weight is 803 g/mol. The maximum Gasteiger partial charge on any atom is 0.469 e. The molecule has 0 amide bonds. The molecule has 0 aliphatic carbocycles. The van der Waals surface area contributed by atoms with E-state index in [1.54, 1.807) is 0 Å². The molecule has 320 valence electrons. The van der Waals surface area contributed by atoms with Crippen molar-refractivity contribution in [1.29, 1.82) is 0 Å². The number of unbranched alkanes of at least 4 members (excludes halogenated alkanes) is 15. The van der Waals surface area contributed by atoms with Gasteiger partial charge in [-0.05, 0) is 83.5 Å². The second-order valence-electron chi connectivity index (χ2n) is 14.3. The minimum Gasteiger partial charge on any atom is -0.462 e. The molecule has 0 bridgehead atoms. The summed E-state index contributed by atoms with van der Waals surface area (Å²) in [6, 6.07) is 0. The molecule has 0 saturated carbocycles. The first kappa shape index (κ1) is 53.2. The number of allylic oxidation sites excluding steroid dienone is 14. The van der Waals surface area contributed by atoms with E-state index >= 15 is 0 Å². The summed E-state index contributed by atoms with van der Waals surface area (Å²) in [5.74, 6) is -0.963. The molecule has 9 heteroatoms. The number of rotatable bonds is 39. The topological polar surface area (TPSA) is 119 Å². The molecule has 1 atom stereocenters. The van der Waals surface area contributed by atoms with Gasteiger partial charge in [-0.3, -0.25) is 14.1 Å². The molecule has 0 spiro atoms. The van der Waals surface area contributed by atoms with Crippen molar-refractivity contribution in [1.82, 2.24) is 0 Å². The van der Waals surface area contributed by atoms with Gasteiger partial charge in [0.15, 0.2) is 6.10 Å². The van der Waals surface area contributed by atoms with Crippen LogP contribution in [0.4, 0.5) is 0 Å². The van der Waals surface area contributed by atoms with E-state index in [0.717, 1.165) is 64.2 Å². The number of carbonyl (C=O) groups is 2. The molecule has 0 rings (SSSR count). The normalized spacial score (nSPS) is 13.3. The standard InChI is InChI=1S/C47H79O8P/c1-3-5-7-9-11-13-15-17-19-21-22-23-24-26-27-29-31-33-35-37-39-41-46(48)53-43-45(44-54-56(50,51)52)55-47(49)42-40-38-36-34-32-30-28-25-20-18-16-14-12-10-8-6-4-2/h6,8,12,14-15,17-18,20-22,28,30,34,36,45H,3-5,7,9-11,13,16,19,23-27,29,31-33,35,37-44H2,1-2H3,(H2,50,51,52)/b8-6-,14-12-,17-15-,20-18-,22-21-,30-28-,36-34-. The summed E-state index contributed by atoms with van der Waals surface area (Å²) in [4.78, 5) is 42.9. The van der Waals surface area contributed by atoms with Gasteiger partial charge in [-0.2, -0.15) is 0 Å². The summed E-state index contributed by atoms with van der Waals surface area (Å²) in [5.41, 5.74) is 0. The van der Waals surface area contributed by atoms with Gasteiger partial charge >= 0.3 is 19.8 Å². The Morgan fingerprint density at radius 1 is 0.482 bits per heavy atom. The molecule has 0 aliphatic rings. The van der Waals surface area contributed by atoms with E-state index in [0.29, 0.717) is 19.3 Å². The molecular formula is C47H79O8P. The molecule has 0 heterocycles. The summed E-state index contributed by atoms with van der Waals surface area (Å²) in [5, 5.41) is 0. The van der Waals surface area contributed by atoms with E-state index in [1.165, 1.54) is 70.6 Å². The quantitative estimate of drug-likeness (QED) is 0.0273. The molecule has 0 aliphatic heterocycles. The molecule has 0 aromatic carbocycles. The van der Waals surface area contributed by atoms with Gasteiger partial charge in [-0.1, -0.05) is 170 Å². The number of carbonyl (C=O) groups excluding carboxylic acids is 2. The summed E-state index contributed by atoms with van der Waals surface area (Å²) in [6.07, 6.45) is 56.0. The zero-order chi connectivity index (χ0) is 41.1. The third-order valence-corrected chi connectivity index (χ3v) is 9.38. The first-order valence-corrected chi connectivity index (χ1v) is 23.4. The highest BCUT2D eigenvalue weighted by Crippen LogP contribution is 2.36. The average Bonchev–Trinajstić information content (AvgIpc) is 3.17. The van der Waals surface area contributed by atoms with Gasteiger partial charge in [0, 0.05) is 12.8 Å². The third kappa shape index (κ3) is 44.0. The van der Waals surface area contributed by atoms with Crippen LogP contribution in [0.2, 0.25) is 0 Å². The molecule has 0 saturated heterocycles. The van der Waals surface area contributed by atoms with Crippen LogP contribution in [0.15, 0.2) is 85.1 Å². The number of hydrogen-bond acceptors (Lipinski definition) is 6. The van der Waals surface area contributed by atoms with Crippen LogP contribution in [0, 0.1) is 0 Å². The third-order valence-electron chi connectivity index (χ3n) is 8.90. The van der Waals surface area contributed by atoms with E-state index in [1.807, 2.05) is 12.2 Å². The van der Waals surface area contributed by atoms with Crippen LogP contribution in [-0.2, 0) is 28.2 Å². The number of phosphoric ester groups is 1. The molecular weight excluding hydrogens is 723 g/mol. The predicted octanol–water partition coefficient (Wildman–Crippen LogP) is 13.6. The Bertz CT molecular complexity index is 1180. The fourth-order valence-corrected chi connectivity index (χ4v) is 6.03. The Kier molecular flexibility index (Phi) is 39.8. The van der Waals surface area contributed by atoms with Crippen molar-refractivity contribution in [3.05, 3.63) is 85.1 Å². The lowest BCUT2D eigenvalue weighted by molar-refractivity contribution is -0.161. The molecule has 8 nitrogen and oxygen atoms in total. The summed E-state index contributed by atoms with van der Waals surface area (Å²) in [7, 11) is -4.78. The van der Waals surface area contributed by atoms with E-state index in [4.69, 9.17) is 19.3 Å². The molecule has 56 heavy (non-hydrogen) atoms. The summed E-state index contributed by atoms with van der Waals surface area (Å²) >= 11 is 0. The van der Waals surface area contributed by atoms with E-state index in [9.17, 15) is 14.2 Å². The van der Waals surface area contributed by atoms with Crippen LogP contribution in [0.25, 0.3) is 0 Å². The Morgan fingerprint density at radius 2 is 0.875 bits per heavy atom. The Hall–Kier alpha value is -2.77. The summed E-state index contributed by atoms with van der Waals surface area (Å²) in [6.45, 7) is 3.51. The number of phosphoric acid groups is 1. The monoisotopic (exact) mass is 803 g/mol. The van der Waals surface area contributed by atoms with Gasteiger partial charge in [0.2, 0.25) is 0 Å². The highest BCUT2D eigenvalue weighted by Gasteiger charge is 2.22. The van der Waals surface area contributed by atoms with Crippen molar-refractivity contribution in [2.75, 3.05) is 13.2 Å². The number of esters is 2. The van der Waals surface area contributed by atoms with Crippen LogP contribution in [0.3, 0.4) is 0 Å². The first-order chi connectivity index (χ1) is 27.3. The lowest BCUT2D eigenvalue weighted by atomic mass is 10.1. The maximum absolute atomic E-state index is 12.4. The SMILES string of the molecule is CC/C=C\C/C=C\C/C=C\C/C=C\C/C=C\CCCC(=O)OC(COC(=O)CCCCCCCCCCC/C=C\C/C=C\CCCCCCC)COP(=O)(O)O. The lowest BCUT2D eigenvalue weighted by Gasteiger charge is -2.18. The minimum atomic E-state index is -4.78. The van der Waals surface area contributed by atoms with Gasteiger partial charge in [0.25, 0.3) is 0 Å². The fourth-order valence-electron chi connectivity index (χ4n) is 5.67. The zero-order valence-electron chi connectivity index (χ0n) is 35.3. The smallest absolute Gasteiger partial charge is 0.462 e. The number of hydrogen-bond donors (Lipinski definition) is 2. The minimum absolute atomic E-state index is 0.128. The van der Waals surface area contributed by atoms with Gasteiger partial charge in [0.05, 0.1) is 6.61 Å². The maximum atomic E-state index is 12.4. The van der Waals surface area contributed by atoms with Gasteiger partial charge in [-0.25, -0.2) is 4.57 Å². The zero-order valence-corrected chi connectivity index (χ0v) is 36.1. The predicted molar refractivity (Wildman–Crippen MR) is 234 cm³/mol. The van der Waals surface area contributed by atoms with Crippen molar-refractivity contribution >= 4 is 19.8 Å². The van der Waals surface area contributed by atoms with Crippen LogP contribution >= 0.6 is 7.82 Å². The molecule has 0 radical (unpaired) electrons. The highest BCUT2D eigenvalue weighted by atomic mass is 31.2. The van der Waals surface area contributed by atoms with Gasteiger partial charge in [-0.15, -0.1) is 0 Å². The molecule has 2 N–H and O–H groups in total. The Labute approximate surface area is 342 Å². The van der Waals surface area contributed by atoms with Gasteiger partial charge < -0.3 is 19.3 Å². The molecule has 0 aromatic heterocycles. The Morgan fingerprint density at radius 3 is 1.34 bits per heavy atom. The lowest BCUT2D eigenvalue weighted by Crippen LogP contribution is -2.29. The van der Waals surface area contributed by atoms with Crippen LogP contribution < -0.4 is 0 Å². The van der Waals surface area contributed by atoms with Crippen molar-refractivity contribution in [3.63, 3.8) is 0 Å². The van der Waals surface area contributed by atoms with E-state index in [-0.39, 0.29) is 19.4 Å². The van der Waals surface area contributed by atoms with Crippen LogP contribution in [-0.4, -0.2) is 41.0 Å². The molecule has 0 fully saturated rings. The largest absolute Gasteiger partial charge is 0.469 e. The second-order valence-corrected chi connectivity index (χ2v) is 15.5. The first-order valence-electron chi connectivity index (χ1n) is 21.9. The van der Waals surface area contributed by atoms with E-state index in [2.05, 4.69) is 91.3 Å². The van der Waals surface area contributed by atoms with Crippen molar-refractivity contribution in [3.8, 4) is 0 Å². The van der Waals surface area contributed by atoms with Gasteiger partial charge in [0.1, 0.15) is 6.61 Å². The summed E-state index contributed by atoms with van der Waals surface area (Å²) < 4.78 is 26.4. The van der Waals surface area contributed by atoms with Crippen LogP contribution in [0.1, 0.15) is 181 Å². The number of ether oxygens (including phenoxy) is 2. The van der Waals surface area contributed by atoms with Crippen LogP contribution in [0.5, 0.6) is 0 Å². The van der Waals surface area contributed by atoms with Crippen molar-refractivity contribution < 1.29 is 37.9 Å². The molecule has 0 aromatic rings. The van der Waals surface area contributed by atoms with Crippen molar-refractivity contribution in [2.24, 2.45) is 0 Å². The van der Waals surface area contributed by atoms with Crippen molar-refractivity contribution in [2.45, 2.75) is 187 Å².